The maximum Gasteiger partial charge on any atom is 0.253 e. The molecule has 1 fully saturated rings. The normalized spacial score (nSPS) is 23.9. The Hall–Kier alpha value is -2.89. The van der Waals surface area contributed by atoms with Gasteiger partial charge < -0.3 is 16.0 Å². The van der Waals surface area contributed by atoms with Crippen LogP contribution in [0.5, 0.6) is 0 Å². The van der Waals surface area contributed by atoms with Crippen molar-refractivity contribution in [3.63, 3.8) is 0 Å². The fourth-order valence-corrected chi connectivity index (χ4v) is 4.06. The molecule has 0 bridgehead atoms. The fraction of sp³-hybridized carbons (Fsp3) is 0.316. The lowest BCUT2D eigenvalue weighted by Gasteiger charge is -2.22. The Morgan fingerprint density at radius 2 is 1.92 bits per heavy atom. The highest BCUT2D eigenvalue weighted by Gasteiger charge is 2.47. The van der Waals surface area contributed by atoms with Crippen molar-refractivity contribution in [1.82, 2.24) is 15.2 Å². The molecule has 1 aromatic carbocycles. The second-order valence-electron chi connectivity index (χ2n) is 6.75. The van der Waals surface area contributed by atoms with Crippen LogP contribution in [0, 0.1) is 5.92 Å². The van der Waals surface area contributed by atoms with Gasteiger partial charge in [0.15, 0.2) is 0 Å². The summed E-state index contributed by atoms with van der Waals surface area (Å²) in [6.07, 6.45) is 1.49. The van der Waals surface area contributed by atoms with Crippen LogP contribution in [0.15, 0.2) is 42.6 Å². The highest BCUT2D eigenvalue weighted by Crippen LogP contribution is 2.49. The van der Waals surface area contributed by atoms with Crippen molar-refractivity contribution < 1.29 is 9.59 Å². The number of pyridine rings is 1. The molecule has 0 radical (unpaired) electrons. The number of nitrogen functional groups attached to an aromatic ring is 1. The third kappa shape index (κ3) is 2.63. The number of amides is 2. The van der Waals surface area contributed by atoms with E-state index in [9.17, 15) is 9.59 Å². The van der Waals surface area contributed by atoms with E-state index in [0.29, 0.717) is 24.5 Å². The second-order valence-corrected chi connectivity index (χ2v) is 6.75. The molecule has 6 heteroatoms. The highest BCUT2D eigenvalue weighted by atomic mass is 16.2. The van der Waals surface area contributed by atoms with Crippen LogP contribution in [0.25, 0.3) is 0 Å². The van der Waals surface area contributed by atoms with E-state index >= 15 is 0 Å². The summed E-state index contributed by atoms with van der Waals surface area (Å²) in [4.78, 5) is 30.3. The van der Waals surface area contributed by atoms with Crippen LogP contribution < -0.4 is 11.1 Å². The summed E-state index contributed by atoms with van der Waals surface area (Å²) >= 11 is 0. The van der Waals surface area contributed by atoms with Gasteiger partial charge in [-0.2, -0.15) is 0 Å². The van der Waals surface area contributed by atoms with Gasteiger partial charge in [0.2, 0.25) is 5.91 Å². The second kappa shape index (κ2) is 5.88. The quantitative estimate of drug-likeness (QED) is 0.874. The molecule has 0 spiro atoms. The number of hydrogen-bond acceptors (Lipinski definition) is 4. The number of likely N-dealkylation sites (tertiary alicyclic amines) is 1. The lowest BCUT2D eigenvalue weighted by atomic mass is 9.94. The lowest BCUT2D eigenvalue weighted by molar-refractivity contribution is -0.128. The Morgan fingerprint density at radius 3 is 2.60 bits per heavy atom. The molecular formula is C19H20N4O2. The average molecular weight is 336 g/mol. The number of benzene rings is 1. The van der Waals surface area contributed by atoms with Gasteiger partial charge in [-0.15, -0.1) is 0 Å². The van der Waals surface area contributed by atoms with E-state index in [-0.39, 0.29) is 29.7 Å². The van der Waals surface area contributed by atoms with E-state index < -0.39 is 0 Å². The van der Waals surface area contributed by atoms with Crippen LogP contribution in [-0.2, 0) is 4.79 Å². The third-order valence-corrected chi connectivity index (χ3v) is 5.30. The lowest BCUT2D eigenvalue weighted by Crippen LogP contribution is -2.34. The molecule has 2 aliphatic rings. The van der Waals surface area contributed by atoms with Gasteiger partial charge in [-0.3, -0.25) is 9.59 Å². The number of aromatic nitrogens is 1. The number of carbonyl (C=O) groups is 2. The minimum absolute atomic E-state index is 0.0830. The number of hydrogen-bond donors (Lipinski definition) is 2. The molecule has 128 valence electrons. The van der Waals surface area contributed by atoms with Gasteiger partial charge in [0.25, 0.3) is 5.91 Å². The first kappa shape index (κ1) is 15.6. The van der Waals surface area contributed by atoms with Crippen molar-refractivity contribution >= 4 is 17.6 Å². The van der Waals surface area contributed by atoms with Crippen LogP contribution in [0.3, 0.4) is 0 Å². The van der Waals surface area contributed by atoms with E-state index in [1.807, 2.05) is 17.0 Å². The zero-order valence-corrected chi connectivity index (χ0v) is 14.0. The smallest absolute Gasteiger partial charge is 0.253 e. The molecule has 25 heavy (non-hydrogen) atoms. The Morgan fingerprint density at radius 1 is 1.16 bits per heavy atom. The largest absolute Gasteiger partial charge is 0.384 e. The first-order valence-corrected chi connectivity index (χ1v) is 8.41. The first-order chi connectivity index (χ1) is 12.0. The van der Waals surface area contributed by atoms with E-state index in [1.165, 1.54) is 11.8 Å². The van der Waals surface area contributed by atoms with Crippen LogP contribution in [0.2, 0.25) is 0 Å². The predicted octanol–water partition coefficient (Wildman–Crippen LogP) is 1.71. The number of nitrogens with two attached hydrogens (primary N) is 1. The summed E-state index contributed by atoms with van der Waals surface area (Å²) in [7, 11) is 0. The highest BCUT2D eigenvalue weighted by molar-refractivity contribution is 5.94. The number of carbonyl (C=O) groups excluding carboxylic acids is 2. The molecular weight excluding hydrogens is 316 g/mol. The first-order valence-electron chi connectivity index (χ1n) is 8.41. The van der Waals surface area contributed by atoms with Crippen molar-refractivity contribution in [3.8, 4) is 0 Å². The summed E-state index contributed by atoms with van der Waals surface area (Å²) in [5.41, 5.74) is 8.45. The standard InChI is InChI=1S/C19H20N4O2/c1-11(24)23-9-15-13-4-2-3-5-14(13)18(16(15)10-23)22-19(25)12-6-7-17(20)21-8-12/h2-8,15-16,18H,9-10H2,1H3,(H2,20,21)(H,22,25)/t15-,16-,18+/m0/s1. The SMILES string of the molecule is CC(=O)N1C[C@@H]2[C@H](NC(=O)c3ccc(N)nc3)c3ccccc3[C@@H]2C1. The summed E-state index contributed by atoms with van der Waals surface area (Å²) < 4.78 is 0. The molecule has 1 aliphatic heterocycles. The molecule has 1 aromatic heterocycles. The van der Waals surface area contributed by atoms with Gasteiger partial charge in [-0.1, -0.05) is 24.3 Å². The molecule has 2 amide bonds. The summed E-state index contributed by atoms with van der Waals surface area (Å²) in [6, 6.07) is 11.4. The van der Waals surface area contributed by atoms with Crippen LogP contribution >= 0.6 is 0 Å². The maximum atomic E-state index is 12.7. The number of anilines is 1. The number of rotatable bonds is 2. The molecule has 2 aromatic rings. The molecule has 3 atom stereocenters. The molecule has 3 N–H and O–H groups in total. The minimum atomic E-state index is -0.172. The van der Waals surface area contributed by atoms with Crippen LogP contribution in [-0.4, -0.2) is 34.8 Å². The molecule has 4 rings (SSSR count). The molecule has 0 saturated carbocycles. The van der Waals surface area contributed by atoms with Crippen molar-refractivity contribution in [3.05, 3.63) is 59.3 Å². The van der Waals surface area contributed by atoms with Crippen molar-refractivity contribution in [1.29, 1.82) is 0 Å². The van der Waals surface area contributed by atoms with E-state index in [1.54, 1.807) is 19.1 Å². The van der Waals surface area contributed by atoms with Crippen LogP contribution in [0.4, 0.5) is 5.82 Å². The maximum absolute atomic E-state index is 12.7. The predicted molar refractivity (Wildman–Crippen MR) is 93.8 cm³/mol. The molecule has 1 saturated heterocycles. The van der Waals surface area contributed by atoms with Crippen molar-refractivity contribution in [2.45, 2.75) is 18.9 Å². The van der Waals surface area contributed by atoms with Crippen molar-refractivity contribution in [2.24, 2.45) is 5.92 Å². The average Bonchev–Trinajstić information content (AvgIpc) is 3.15. The Balaban J connectivity index is 1.62. The van der Waals surface area contributed by atoms with E-state index in [4.69, 9.17) is 5.73 Å². The third-order valence-electron chi connectivity index (χ3n) is 5.30. The fourth-order valence-electron chi connectivity index (χ4n) is 4.06. The number of nitrogens with zero attached hydrogens (tertiary/aromatic N) is 2. The van der Waals surface area contributed by atoms with Gasteiger partial charge in [-0.25, -0.2) is 4.98 Å². The summed E-state index contributed by atoms with van der Waals surface area (Å²) in [5.74, 6) is 0.770. The van der Waals surface area contributed by atoms with E-state index in [2.05, 4.69) is 22.4 Å². The topological polar surface area (TPSA) is 88.3 Å². The van der Waals surface area contributed by atoms with E-state index in [0.717, 1.165) is 5.56 Å². The Kier molecular flexibility index (Phi) is 3.67. The summed E-state index contributed by atoms with van der Waals surface area (Å²) in [6.45, 7) is 2.98. The molecule has 6 nitrogen and oxygen atoms in total. The minimum Gasteiger partial charge on any atom is -0.384 e. The van der Waals surface area contributed by atoms with Gasteiger partial charge in [0.05, 0.1) is 11.6 Å². The zero-order chi connectivity index (χ0) is 17.6. The monoisotopic (exact) mass is 336 g/mol. The van der Waals surface area contributed by atoms with Gasteiger partial charge >= 0.3 is 0 Å². The molecule has 0 unspecified atom stereocenters. The number of fused-ring (bicyclic) bond motifs is 3. The molecule has 1 aliphatic carbocycles. The Labute approximate surface area is 146 Å². The number of nitrogens with one attached hydrogen (secondary N) is 1. The zero-order valence-electron chi connectivity index (χ0n) is 14.0. The van der Waals surface area contributed by atoms with Gasteiger partial charge in [-0.05, 0) is 23.3 Å². The van der Waals surface area contributed by atoms with Gasteiger partial charge in [0, 0.05) is 38.0 Å². The molecule has 2 heterocycles. The van der Waals surface area contributed by atoms with Crippen LogP contribution in [0.1, 0.15) is 40.4 Å². The Bertz CT molecular complexity index is 834. The van der Waals surface area contributed by atoms with Crippen molar-refractivity contribution in [2.75, 3.05) is 18.8 Å². The summed E-state index contributed by atoms with van der Waals surface area (Å²) in [5, 5.41) is 3.14. The van der Waals surface area contributed by atoms with Gasteiger partial charge in [0.1, 0.15) is 5.82 Å².